The molecule has 0 aliphatic carbocycles. The fourth-order valence-electron chi connectivity index (χ4n) is 6.07. The normalized spacial score (nSPS) is 11.1. The van der Waals surface area contributed by atoms with Crippen molar-refractivity contribution in [2.45, 2.75) is 116 Å². The van der Waals surface area contributed by atoms with Crippen molar-refractivity contribution in [3.05, 3.63) is 76.9 Å². The fourth-order valence-corrected chi connectivity index (χ4v) is 8.37. The van der Waals surface area contributed by atoms with Gasteiger partial charge in [-0.3, -0.25) is 40.5 Å². The van der Waals surface area contributed by atoms with Gasteiger partial charge in [-0.15, -0.1) is 0 Å². The lowest BCUT2D eigenvalue weighted by atomic mass is 10.1. The molecule has 0 bridgehead atoms. The Hall–Kier alpha value is -4.48. The van der Waals surface area contributed by atoms with Crippen LogP contribution in [0.2, 0.25) is 0 Å². The molecule has 2 aromatic carbocycles. The van der Waals surface area contributed by atoms with Gasteiger partial charge in [-0.2, -0.15) is 0 Å². The van der Waals surface area contributed by atoms with Crippen LogP contribution in [0, 0.1) is 40.5 Å². The van der Waals surface area contributed by atoms with E-state index in [4.69, 9.17) is 28.4 Å². The second-order valence-corrected chi connectivity index (χ2v) is 17.3. The maximum Gasteiger partial charge on any atom is 0.337 e. The van der Waals surface area contributed by atoms with Crippen LogP contribution in [0.15, 0.2) is 36.4 Å². The van der Waals surface area contributed by atoms with Crippen molar-refractivity contribution in [3.8, 4) is 11.5 Å². The number of unbranched alkanes of at least 4 members (excludes halogenated alkanes) is 16. The number of nitro groups is 4. The summed E-state index contributed by atoms with van der Waals surface area (Å²) in [7, 11) is 4.00. The van der Waals surface area contributed by atoms with E-state index in [0.717, 1.165) is 62.1 Å². The lowest BCUT2D eigenvalue weighted by molar-refractivity contribution is -0.394. The molecule has 0 aliphatic rings. The molecule has 0 saturated carbocycles. The van der Waals surface area contributed by atoms with Crippen LogP contribution < -0.4 is 9.47 Å². The zero-order chi connectivity index (χ0) is 46.6. The quantitative estimate of drug-likeness (QED) is 0.0150. The van der Waals surface area contributed by atoms with E-state index >= 15 is 0 Å². The molecule has 358 valence electrons. The molecule has 2 rings (SSSR count). The molecular formula is C42H62N4O16S2. The Morgan fingerprint density at radius 2 is 0.719 bits per heavy atom. The first-order valence-electron chi connectivity index (χ1n) is 21.8. The van der Waals surface area contributed by atoms with Crippen molar-refractivity contribution in [1.82, 2.24) is 0 Å². The van der Waals surface area contributed by atoms with Crippen LogP contribution in [0.4, 0.5) is 22.7 Å². The maximum absolute atomic E-state index is 12.0. The highest BCUT2D eigenvalue weighted by atomic mass is 33.1. The van der Waals surface area contributed by atoms with Crippen molar-refractivity contribution in [1.29, 1.82) is 0 Å². The summed E-state index contributed by atoms with van der Waals surface area (Å²) in [6, 6.07) is 5.53. The number of non-ortho nitro benzene ring substituents is 2. The van der Waals surface area contributed by atoms with Crippen LogP contribution in [-0.2, 0) is 28.5 Å². The van der Waals surface area contributed by atoms with Gasteiger partial charge in [0, 0.05) is 36.9 Å². The number of ether oxygens (including phenoxy) is 6. The van der Waals surface area contributed by atoms with Gasteiger partial charge in [0.1, 0.15) is 13.2 Å². The Morgan fingerprint density at radius 3 is 1.05 bits per heavy atom. The summed E-state index contributed by atoms with van der Waals surface area (Å²) in [5.74, 6) is -0.0528. The molecule has 0 aromatic heterocycles. The first-order valence-corrected chi connectivity index (χ1v) is 24.3. The Morgan fingerprint density at radius 1 is 0.406 bits per heavy atom. The van der Waals surface area contributed by atoms with Gasteiger partial charge in [0.15, 0.2) is 0 Å². The molecule has 0 radical (unpaired) electrons. The molecule has 20 nitrogen and oxygen atoms in total. The number of rotatable bonds is 41. The van der Waals surface area contributed by atoms with Crippen LogP contribution in [-0.4, -0.2) is 96.0 Å². The Kier molecular flexibility index (Phi) is 31.1. The zero-order valence-electron chi connectivity index (χ0n) is 36.4. The summed E-state index contributed by atoms with van der Waals surface area (Å²) in [6.45, 7) is 1.28. The zero-order valence-corrected chi connectivity index (χ0v) is 38.0. The highest BCUT2D eigenvalue weighted by Crippen LogP contribution is 2.32. The van der Waals surface area contributed by atoms with Crippen LogP contribution in [0.1, 0.15) is 116 Å². The Balaban J connectivity index is 1.23. The molecule has 64 heavy (non-hydrogen) atoms. The van der Waals surface area contributed by atoms with Gasteiger partial charge in [0.2, 0.25) is 11.5 Å². The van der Waals surface area contributed by atoms with Crippen molar-refractivity contribution in [3.63, 3.8) is 0 Å². The number of carbonyl (C=O) groups excluding carboxylic acids is 2. The fraction of sp³-hybridized carbons (Fsp3) is 0.667. The molecule has 2 aromatic rings. The first kappa shape index (κ1) is 55.7. The van der Waals surface area contributed by atoms with E-state index in [1.807, 2.05) is 21.6 Å². The van der Waals surface area contributed by atoms with Crippen LogP contribution in [0.5, 0.6) is 11.5 Å². The van der Waals surface area contributed by atoms with Crippen molar-refractivity contribution >= 4 is 56.3 Å². The molecule has 0 N–H and O–H groups in total. The van der Waals surface area contributed by atoms with E-state index < -0.39 is 67.6 Å². The number of benzene rings is 2. The lowest BCUT2D eigenvalue weighted by Gasteiger charge is -2.07. The number of nitrogens with zero attached hydrogens (tertiary/aromatic N) is 4. The van der Waals surface area contributed by atoms with Crippen LogP contribution >= 0.6 is 21.6 Å². The van der Waals surface area contributed by atoms with Gasteiger partial charge in [-0.05, 0) is 37.8 Å². The third-order valence-corrected chi connectivity index (χ3v) is 12.0. The summed E-state index contributed by atoms with van der Waals surface area (Å²) >= 11 is 0. The van der Waals surface area contributed by atoms with Crippen LogP contribution in [0.25, 0.3) is 0 Å². The second-order valence-electron chi connectivity index (χ2n) is 14.6. The SMILES string of the molecule is O=C(COCCOCCCCCCCCCCCSSCCCCCCCCCCCOCCOCC(=O)Oc1ccc([N+](=O)[O-])cc1[N+](=O)[O-])Oc1ccc([N+](=O)[O-])cc1[N+](=O)[O-]. The maximum atomic E-state index is 12.0. The van der Waals surface area contributed by atoms with Crippen molar-refractivity contribution in [2.75, 3.05) is 64.4 Å². The number of carbonyl (C=O) groups is 2. The number of esters is 2. The Bertz CT molecular complexity index is 1590. The van der Waals surface area contributed by atoms with Gasteiger partial charge in [0.25, 0.3) is 11.4 Å². The molecule has 22 heteroatoms. The summed E-state index contributed by atoms with van der Waals surface area (Å²) in [4.78, 5) is 64.6. The molecule has 0 spiro atoms. The molecule has 0 amide bonds. The van der Waals surface area contributed by atoms with Gasteiger partial charge < -0.3 is 28.4 Å². The minimum Gasteiger partial charge on any atom is -0.417 e. The topological polar surface area (TPSA) is 262 Å². The first-order chi connectivity index (χ1) is 31.0. The van der Waals surface area contributed by atoms with E-state index in [2.05, 4.69) is 0 Å². The number of hydrogen-bond acceptors (Lipinski definition) is 18. The monoisotopic (exact) mass is 942 g/mol. The average Bonchev–Trinajstić information content (AvgIpc) is 3.26. The van der Waals surface area contributed by atoms with E-state index in [1.54, 1.807) is 0 Å². The third kappa shape index (κ3) is 27.0. The summed E-state index contributed by atoms with van der Waals surface area (Å²) in [5.41, 5.74) is -2.31. The molecule has 0 atom stereocenters. The van der Waals surface area contributed by atoms with Gasteiger partial charge in [-0.1, -0.05) is 111 Å². The highest BCUT2D eigenvalue weighted by Gasteiger charge is 2.24. The highest BCUT2D eigenvalue weighted by molar-refractivity contribution is 8.76. The number of nitro benzene ring substituents is 4. The molecule has 0 unspecified atom stereocenters. The molecule has 0 saturated heterocycles. The van der Waals surface area contributed by atoms with E-state index in [0.29, 0.717) is 26.4 Å². The predicted molar refractivity (Wildman–Crippen MR) is 242 cm³/mol. The average molecular weight is 943 g/mol. The van der Waals surface area contributed by atoms with Gasteiger partial charge >= 0.3 is 23.3 Å². The summed E-state index contributed by atoms with van der Waals surface area (Å²) in [6.07, 6.45) is 21.6. The standard InChI is InChI=1S/C42H62N4O16S2/c47-41(61-39-21-19-35(43(49)50)31-37(39)45(53)54)33-59-27-25-57-23-15-11-7-3-1-5-9-13-17-29-63-64-30-18-14-10-6-2-4-8-12-16-24-58-26-28-60-34-42(48)62-40-22-20-36(44(51)52)32-38(40)46(55)56/h19-22,31-32H,1-18,23-30,33-34H2. The molecule has 0 fully saturated rings. The van der Waals surface area contributed by atoms with Gasteiger partial charge in [0.05, 0.1) is 58.3 Å². The van der Waals surface area contributed by atoms with E-state index in [-0.39, 0.29) is 24.7 Å². The molecule has 0 heterocycles. The molecular weight excluding hydrogens is 881 g/mol. The molecule has 0 aliphatic heterocycles. The minimum atomic E-state index is -0.856. The number of hydrogen-bond donors (Lipinski definition) is 0. The second kappa shape index (κ2) is 35.8. The van der Waals surface area contributed by atoms with E-state index in [1.165, 1.54) is 101 Å². The van der Waals surface area contributed by atoms with Crippen molar-refractivity contribution in [2.24, 2.45) is 0 Å². The minimum absolute atomic E-state index is 0.161. The predicted octanol–water partition coefficient (Wildman–Crippen LogP) is 10.3. The third-order valence-electron chi connectivity index (χ3n) is 9.45. The van der Waals surface area contributed by atoms with Crippen LogP contribution in [0.3, 0.4) is 0 Å². The van der Waals surface area contributed by atoms with Crippen molar-refractivity contribution < 1.29 is 57.7 Å². The smallest absolute Gasteiger partial charge is 0.337 e. The largest absolute Gasteiger partial charge is 0.417 e. The Labute approximate surface area is 381 Å². The lowest BCUT2D eigenvalue weighted by Crippen LogP contribution is -2.18. The van der Waals surface area contributed by atoms with E-state index in [9.17, 15) is 50.0 Å². The summed E-state index contributed by atoms with van der Waals surface area (Å²) in [5, 5.41) is 44.0. The summed E-state index contributed by atoms with van der Waals surface area (Å²) < 4.78 is 31.4. The van der Waals surface area contributed by atoms with Gasteiger partial charge in [-0.25, -0.2) is 9.59 Å².